The summed E-state index contributed by atoms with van der Waals surface area (Å²) < 4.78 is 5.10. The van der Waals surface area contributed by atoms with Crippen LogP contribution in [0.1, 0.15) is 58.4 Å². The molecule has 0 aromatic heterocycles. The van der Waals surface area contributed by atoms with E-state index in [9.17, 15) is 14.4 Å². The molecule has 0 unspecified atom stereocenters. The van der Waals surface area contributed by atoms with Crippen LogP contribution in [0.15, 0.2) is 24.3 Å². The predicted molar refractivity (Wildman–Crippen MR) is 108 cm³/mol. The fraction of sp³-hybridized carbons (Fsp3) is 0.571. The van der Waals surface area contributed by atoms with Crippen molar-refractivity contribution >= 4 is 23.6 Å². The fourth-order valence-corrected chi connectivity index (χ4v) is 3.20. The van der Waals surface area contributed by atoms with Crippen LogP contribution in [0, 0.1) is 5.92 Å². The Kier molecular flexibility index (Phi) is 7.84. The van der Waals surface area contributed by atoms with Crippen molar-refractivity contribution in [2.75, 3.05) is 11.9 Å². The highest BCUT2D eigenvalue weighted by Crippen LogP contribution is 2.27. The molecule has 0 saturated heterocycles. The number of anilines is 1. The molecule has 3 N–H and O–H groups in total. The molecule has 0 radical (unpaired) electrons. The number of ether oxygens (including phenoxy) is 1. The summed E-state index contributed by atoms with van der Waals surface area (Å²) in [5.41, 5.74) is 0.802. The standard InChI is InChI=1S/C21H31N3O4/c1-21(2,3)28-20(27)23-14-19(26)24-17-11-7-6-10-16(17)13-22-18(25)12-15-8-4-5-9-15/h6-7,10-11,15H,4-5,8-9,12-14H2,1-3H3,(H,22,25)(H,23,27)(H,24,26). The first kappa shape index (κ1) is 21.7. The quantitative estimate of drug-likeness (QED) is 0.666. The third-order valence-electron chi connectivity index (χ3n) is 4.51. The first-order valence-electron chi connectivity index (χ1n) is 9.84. The fourth-order valence-electron chi connectivity index (χ4n) is 3.20. The number of amides is 3. The van der Waals surface area contributed by atoms with Crippen LogP contribution in [0.25, 0.3) is 0 Å². The Hall–Kier alpha value is -2.57. The van der Waals surface area contributed by atoms with Crippen LogP contribution >= 0.6 is 0 Å². The summed E-state index contributed by atoms with van der Waals surface area (Å²) in [6.07, 6.45) is 4.60. The number of benzene rings is 1. The van der Waals surface area contributed by atoms with Gasteiger partial charge in [0.2, 0.25) is 11.8 Å². The van der Waals surface area contributed by atoms with Gasteiger partial charge in [0.05, 0.1) is 0 Å². The molecule has 7 heteroatoms. The highest BCUT2D eigenvalue weighted by Gasteiger charge is 2.19. The summed E-state index contributed by atoms with van der Waals surface area (Å²) in [5, 5.41) is 8.13. The lowest BCUT2D eigenvalue weighted by Crippen LogP contribution is -2.37. The molecule has 2 rings (SSSR count). The second kappa shape index (κ2) is 10.1. The molecule has 1 aromatic carbocycles. The van der Waals surface area contributed by atoms with Gasteiger partial charge in [0, 0.05) is 18.7 Å². The van der Waals surface area contributed by atoms with E-state index in [2.05, 4.69) is 16.0 Å². The predicted octanol–water partition coefficient (Wildman–Crippen LogP) is 3.35. The summed E-state index contributed by atoms with van der Waals surface area (Å²) in [5.74, 6) is 0.170. The number of carbonyl (C=O) groups is 3. The molecule has 0 atom stereocenters. The van der Waals surface area contributed by atoms with Crippen LogP contribution in [0.3, 0.4) is 0 Å². The molecular weight excluding hydrogens is 358 g/mol. The van der Waals surface area contributed by atoms with Gasteiger partial charge < -0.3 is 20.7 Å². The van der Waals surface area contributed by atoms with Crippen molar-refractivity contribution < 1.29 is 19.1 Å². The summed E-state index contributed by atoms with van der Waals surface area (Å²) in [6, 6.07) is 7.28. The molecule has 1 aliphatic carbocycles. The molecule has 7 nitrogen and oxygen atoms in total. The van der Waals surface area contributed by atoms with E-state index in [-0.39, 0.29) is 18.4 Å². The van der Waals surface area contributed by atoms with Gasteiger partial charge in [-0.25, -0.2) is 4.79 Å². The maximum Gasteiger partial charge on any atom is 0.408 e. The van der Waals surface area contributed by atoms with Gasteiger partial charge in [-0.1, -0.05) is 31.0 Å². The highest BCUT2D eigenvalue weighted by molar-refractivity contribution is 5.94. The van der Waals surface area contributed by atoms with Crippen LogP contribution in [0.5, 0.6) is 0 Å². The molecule has 1 fully saturated rings. The van der Waals surface area contributed by atoms with Gasteiger partial charge >= 0.3 is 6.09 Å². The van der Waals surface area contributed by atoms with Crippen LogP contribution in [-0.4, -0.2) is 30.1 Å². The third kappa shape index (κ3) is 7.98. The minimum absolute atomic E-state index is 0.0413. The number of para-hydroxylation sites is 1. The van der Waals surface area contributed by atoms with Crippen LogP contribution < -0.4 is 16.0 Å². The number of nitrogens with one attached hydrogen (secondary N) is 3. The Balaban J connectivity index is 1.81. The van der Waals surface area contributed by atoms with Gasteiger partial charge in [-0.3, -0.25) is 9.59 Å². The van der Waals surface area contributed by atoms with E-state index in [1.54, 1.807) is 32.9 Å². The topological polar surface area (TPSA) is 96.5 Å². The molecule has 1 aliphatic rings. The highest BCUT2D eigenvalue weighted by atomic mass is 16.6. The summed E-state index contributed by atoms with van der Waals surface area (Å²) in [7, 11) is 0. The molecule has 1 aromatic rings. The molecule has 3 amide bonds. The number of alkyl carbamates (subject to hydrolysis) is 1. The Labute approximate surface area is 166 Å². The van der Waals surface area contributed by atoms with Gasteiger partial charge in [-0.15, -0.1) is 0 Å². The van der Waals surface area contributed by atoms with Gasteiger partial charge in [0.1, 0.15) is 12.1 Å². The lowest BCUT2D eigenvalue weighted by Gasteiger charge is -2.19. The third-order valence-corrected chi connectivity index (χ3v) is 4.51. The van der Waals surface area contributed by atoms with Crippen LogP contribution in [0.2, 0.25) is 0 Å². The normalized spacial score (nSPS) is 14.4. The maximum absolute atomic E-state index is 12.1. The zero-order chi connectivity index (χ0) is 20.6. The summed E-state index contributed by atoms with van der Waals surface area (Å²) in [4.78, 5) is 35.9. The molecule has 1 saturated carbocycles. The molecule has 28 heavy (non-hydrogen) atoms. The van der Waals surface area contributed by atoms with Gasteiger partial charge in [0.15, 0.2) is 0 Å². The van der Waals surface area contributed by atoms with Gasteiger partial charge in [0.25, 0.3) is 0 Å². The van der Waals surface area contributed by atoms with E-state index in [4.69, 9.17) is 4.74 Å². The minimum atomic E-state index is -0.643. The maximum atomic E-state index is 12.1. The Morgan fingerprint density at radius 2 is 1.71 bits per heavy atom. The molecule has 0 heterocycles. The lowest BCUT2D eigenvalue weighted by atomic mass is 10.0. The minimum Gasteiger partial charge on any atom is -0.444 e. The molecule has 0 bridgehead atoms. The SMILES string of the molecule is CC(C)(C)OC(=O)NCC(=O)Nc1ccccc1CNC(=O)CC1CCCC1. The zero-order valence-electron chi connectivity index (χ0n) is 17.0. The average Bonchev–Trinajstić information content (AvgIpc) is 3.11. The van der Waals surface area contributed by atoms with Crippen molar-refractivity contribution in [3.05, 3.63) is 29.8 Å². The Morgan fingerprint density at radius 1 is 1.04 bits per heavy atom. The molecule has 0 aliphatic heterocycles. The van der Waals surface area contributed by atoms with E-state index in [0.717, 1.165) is 18.4 Å². The van der Waals surface area contributed by atoms with E-state index >= 15 is 0 Å². The van der Waals surface area contributed by atoms with Crippen molar-refractivity contribution in [3.8, 4) is 0 Å². The van der Waals surface area contributed by atoms with Crippen molar-refractivity contribution in [3.63, 3.8) is 0 Å². The van der Waals surface area contributed by atoms with Gasteiger partial charge in [-0.05, 0) is 51.2 Å². The van der Waals surface area contributed by atoms with Crippen molar-refractivity contribution in [2.45, 2.75) is 65.0 Å². The largest absolute Gasteiger partial charge is 0.444 e. The van der Waals surface area contributed by atoms with Crippen molar-refractivity contribution in [1.29, 1.82) is 0 Å². The first-order chi connectivity index (χ1) is 13.2. The zero-order valence-corrected chi connectivity index (χ0v) is 17.0. The Bertz CT molecular complexity index is 691. The van der Waals surface area contributed by atoms with Crippen molar-refractivity contribution in [2.24, 2.45) is 5.92 Å². The Morgan fingerprint density at radius 3 is 2.39 bits per heavy atom. The smallest absolute Gasteiger partial charge is 0.408 e. The second-order valence-corrected chi connectivity index (χ2v) is 8.19. The summed E-state index contributed by atoms with van der Waals surface area (Å²) in [6.45, 7) is 5.41. The number of hydrogen-bond donors (Lipinski definition) is 3. The molecule has 154 valence electrons. The van der Waals surface area contributed by atoms with Crippen LogP contribution in [-0.2, 0) is 20.9 Å². The number of hydrogen-bond acceptors (Lipinski definition) is 4. The van der Waals surface area contributed by atoms with Crippen LogP contribution in [0.4, 0.5) is 10.5 Å². The summed E-state index contributed by atoms with van der Waals surface area (Å²) >= 11 is 0. The van der Waals surface area contributed by atoms with E-state index < -0.39 is 11.7 Å². The number of carbonyl (C=O) groups excluding carboxylic acids is 3. The monoisotopic (exact) mass is 389 g/mol. The molecule has 0 spiro atoms. The number of rotatable bonds is 7. The van der Waals surface area contributed by atoms with Crippen molar-refractivity contribution in [1.82, 2.24) is 10.6 Å². The van der Waals surface area contributed by atoms with E-state index in [0.29, 0.717) is 24.6 Å². The second-order valence-electron chi connectivity index (χ2n) is 8.19. The average molecular weight is 389 g/mol. The van der Waals surface area contributed by atoms with E-state index in [1.807, 2.05) is 12.1 Å². The molecular formula is C21H31N3O4. The van der Waals surface area contributed by atoms with Gasteiger partial charge in [-0.2, -0.15) is 0 Å². The lowest BCUT2D eigenvalue weighted by molar-refractivity contribution is -0.122. The first-order valence-corrected chi connectivity index (χ1v) is 9.84. The van der Waals surface area contributed by atoms with E-state index in [1.165, 1.54) is 12.8 Å².